The third-order valence-electron chi connectivity index (χ3n) is 5.87. The van der Waals surface area contributed by atoms with Crippen molar-refractivity contribution in [1.29, 1.82) is 0 Å². The molecule has 4 atom stereocenters. The van der Waals surface area contributed by atoms with E-state index in [-0.39, 0.29) is 24.9 Å². The van der Waals surface area contributed by atoms with Crippen LogP contribution >= 0.6 is 0 Å². The van der Waals surface area contributed by atoms with Gasteiger partial charge in [0.25, 0.3) is 0 Å². The van der Waals surface area contributed by atoms with E-state index < -0.39 is 42.0 Å². The minimum absolute atomic E-state index is 0.0309. The first-order valence-electron chi connectivity index (χ1n) is 9.84. The number of fused-ring (bicyclic) bond motifs is 3. The van der Waals surface area contributed by atoms with Crippen LogP contribution < -0.4 is 0 Å². The molecule has 0 spiro atoms. The molecule has 154 valence electrons. The molecule has 4 unspecified atom stereocenters. The van der Waals surface area contributed by atoms with Crippen LogP contribution in [0, 0.1) is 11.8 Å². The molecule has 0 radical (unpaired) electrons. The Morgan fingerprint density at radius 1 is 1.17 bits per heavy atom. The van der Waals surface area contributed by atoms with Crippen molar-refractivity contribution in [2.75, 3.05) is 6.79 Å². The van der Waals surface area contributed by atoms with Gasteiger partial charge in [-0.05, 0) is 30.9 Å². The predicted molar refractivity (Wildman–Crippen MR) is 100 cm³/mol. The lowest BCUT2D eigenvalue weighted by molar-refractivity contribution is -0.172. The Morgan fingerprint density at radius 2 is 1.86 bits per heavy atom. The molecule has 1 saturated heterocycles. The van der Waals surface area contributed by atoms with Crippen molar-refractivity contribution in [3.63, 3.8) is 0 Å². The van der Waals surface area contributed by atoms with E-state index in [4.69, 9.17) is 18.9 Å². The monoisotopic (exact) mass is 400 g/mol. The molecule has 0 aromatic heterocycles. The summed E-state index contributed by atoms with van der Waals surface area (Å²) in [5.41, 5.74) is 2.75. The maximum atomic E-state index is 12.6. The van der Waals surface area contributed by atoms with Crippen LogP contribution in [0.1, 0.15) is 30.9 Å². The number of hydrogen-bond acceptors (Lipinski definition) is 7. The van der Waals surface area contributed by atoms with Gasteiger partial charge in [0.1, 0.15) is 12.2 Å². The second kappa shape index (κ2) is 7.99. The second-order valence-electron chi connectivity index (χ2n) is 7.93. The number of rotatable bonds is 6. The summed E-state index contributed by atoms with van der Waals surface area (Å²) in [4.78, 5) is 36.6. The molecule has 7 nitrogen and oxygen atoms in total. The number of ether oxygens (including phenoxy) is 4. The number of carbonyl (C=O) groups excluding carboxylic acids is 3. The van der Waals surface area contributed by atoms with Gasteiger partial charge in [-0.25, -0.2) is 4.79 Å². The third-order valence-corrected chi connectivity index (χ3v) is 5.87. The summed E-state index contributed by atoms with van der Waals surface area (Å²) in [6.45, 7) is 4.92. The van der Waals surface area contributed by atoms with Crippen molar-refractivity contribution >= 4 is 17.9 Å². The van der Waals surface area contributed by atoms with E-state index in [0.717, 1.165) is 12.8 Å². The molecule has 7 heteroatoms. The fraction of sp³-hybridized carbons (Fsp3) is 0.500. The van der Waals surface area contributed by atoms with Crippen molar-refractivity contribution in [3.05, 3.63) is 47.5 Å². The quantitative estimate of drug-likeness (QED) is 0.313. The van der Waals surface area contributed by atoms with Crippen LogP contribution in [0.2, 0.25) is 0 Å². The first kappa shape index (κ1) is 19.6. The Morgan fingerprint density at radius 3 is 2.52 bits per heavy atom. The molecule has 3 aliphatic rings. The van der Waals surface area contributed by atoms with Gasteiger partial charge in [0.05, 0.1) is 17.9 Å². The summed E-state index contributed by atoms with van der Waals surface area (Å²) in [5.74, 6) is -2.82. The van der Waals surface area contributed by atoms with Crippen molar-refractivity contribution in [3.8, 4) is 0 Å². The second-order valence-corrected chi connectivity index (χ2v) is 7.93. The normalized spacial score (nSPS) is 27.8. The van der Waals surface area contributed by atoms with Crippen molar-refractivity contribution < 1.29 is 33.3 Å². The predicted octanol–water partition coefficient (Wildman–Crippen LogP) is 2.11. The molecule has 29 heavy (non-hydrogen) atoms. The van der Waals surface area contributed by atoms with Gasteiger partial charge in [0, 0.05) is 18.4 Å². The minimum Gasteiger partial charge on any atom is -0.458 e. The van der Waals surface area contributed by atoms with Gasteiger partial charge in [-0.1, -0.05) is 30.8 Å². The van der Waals surface area contributed by atoms with E-state index in [1.54, 1.807) is 6.92 Å². The fourth-order valence-corrected chi connectivity index (χ4v) is 4.31. The summed E-state index contributed by atoms with van der Waals surface area (Å²) >= 11 is 0. The number of benzene rings is 1. The molecule has 1 aliphatic heterocycles. The van der Waals surface area contributed by atoms with E-state index in [1.807, 2.05) is 12.1 Å². The molecule has 4 rings (SSSR count). The Labute approximate surface area is 169 Å². The first-order chi connectivity index (χ1) is 13.9. The SMILES string of the molecule is C=C(C)C(=O)OC1CC(C(=O)OCOC2Cc3ccccc3C2)C2CC1OC2=O. The molecular weight excluding hydrogens is 376 g/mol. The smallest absolute Gasteiger partial charge is 0.333 e. The van der Waals surface area contributed by atoms with Crippen molar-refractivity contribution in [1.82, 2.24) is 0 Å². The Bertz CT molecular complexity index is 820. The summed E-state index contributed by atoms with van der Waals surface area (Å²) in [7, 11) is 0. The summed E-state index contributed by atoms with van der Waals surface area (Å²) in [6.07, 6.45) is 0.869. The lowest BCUT2D eigenvalue weighted by atomic mass is 9.78. The van der Waals surface area contributed by atoms with Crippen LogP contribution in [-0.4, -0.2) is 43.0 Å². The number of esters is 3. The van der Waals surface area contributed by atoms with Crippen molar-refractivity contribution in [2.24, 2.45) is 11.8 Å². The largest absolute Gasteiger partial charge is 0.458 e. The van der Waals surface area contributed by atoms with E-state index in [1.165, 1.54) is 11.1 Å². The average Bonchev–Trinajstić information content (AvgIpc) is 3.25. The van der Waals surface area contributed by atoms with E-state index in [0.29, 0.717) is 6.42 Å². The Kier molecular flexibility index (Phi) is 5.41. The van der Waals surface area contributed by atoms with Crippen LogP contribution in [0.15, 0.2) is 36.4 Å². The van der Waals surface area contributed by atoms with Crippen LogP contribution in [0.5, 0.6) is 0 Å². The standard InChI is InChI=1S/C22H24O7/c1-12(2)20(23)28-18-9-16(17-10-19(18)29-22(17)25)21(24)27-11-26-15-7-13-5-3-4-6-14(13)8-15/h3-6,15-19H,1,7-11H2,2H3. The molecule has 2 aliphatic carbocycles. The van der Waals surface area contributed by atoms with Crippen LogP contribution in [0.3, 0.4) is 0 Å². The maximum absolute atomic E-state index is 12.6. The van der Waals surface area contributed by atoms with Crippen LogP contribution in [-0.2, 0) is 46.2 Å². The minimum atomic E-state index is -0.714. The van der Waals surface area contributed by atoms with Gasteiger partial charge in [-0.15, -0.1) is 0 Å². The van der Waals surface area contributed by atoms with E-state index >= 15 is 0 Å². The zero-order chi connectivity index (χ0) is 20.5. The highest BCUT2D eigenvalue weighted by atomic mass is 16.7. The highest BCUT2D eigenvalue weighted by Crippen LogP contribution is 2.41. The molecule has 1 heterocycles. The van der Waals surface area contributed by atoms with E-state index in [9.17, 15) is 14.4 Å². The number of hydrogen-bond donors (Lipinski definition) is 0. The maximum Gasteiger partial charge on any atom is 0.333 e. The van der Waals surface area contributed by atoms with Gasteiger partial charge in [0.15, 0.2) is 6.79 Å². The molecule has 1 saturated carbocycles. The molecule has 1 aromatic rings. The molecule has 0 amide bonds. The Hall–Kier alpha value is -2.67. The zero-order valence-corrected chi connectivity index (χ0v) is 16.3. The molecular formula is C22H24O7. The highest BCUT2D eigenvalue weighted by Gasteiger charge is 2.53. The molecule has 0 N–H and O–H groups in total. The summed E-state index contributed by atoms with van der Waals surface area (Å²) in [5, 5.41) is 0. The zero-order valence-electron chi connectivity index (χ0n) is 16.3. The first-order valence-corrected chi connectivity index (χ1v) is 9.84. The van der Waals surface area contributed by atoms with Crippen LogP contribution in [0.25, 0.3) is 0 Å². The van der Waals surface area contributed by atoms with Gasteiger partial charge in [-0.2, -0.15) is 0 Å². The van der Waals surface area contributed by atoms with Crippen LogP contribution in [0.4, 0.5) is 0 Å². The topological polar surface area (TPSA) is 88.1 Å². The van der Waals surface area contributed by atoms with Gasteiger partial charge in [0.2, 0.25) is 0 Å². The fourth-order valence-electron chi connectivity index (χ4n) is 4.31. The average molecular weight is 400 g/mol. The summed E-state index contributed by atoms with van der Waals surface area (Å²) < 4.78 is 21.7. The van der Waals surface area contributed by atoms with Gasteiger partial charge in [-0.3, -0.25) is 9.59 Å². The molecule has 2 fully saturated rings. The van der Waals surface area contributed by atoms with E-state index in [2.05, 4.69) is 18.7 Å². The van der Waals surface area contributed by atoms with Gasteiger partial charge >= 0.3 is 17.9 Å². The molecule has 2 bridgehead atoms. The van der Waals surface area contributed by atoms with Gasteiger partial charge < -0.3 is 18.9 Å². The lowest BCUT2D eigenvalue weighted by Crippen LogP contribution is -2.41. The number of carbonyl (C=O) groups is 3. The third kappa shape index (κ3) is 4.05. The highest BCUT2D eigenvalue weighted by molar-refractivity contribution is 5.88. The lowest BCUT2D eigenvalue weighted by Gasteiger charge is -2.30. The van der Waals surface area contributed by atoms with Crippen molar-refractivity contribution in [2.45, 2.75) is 50.9 Å². The molecule has 1 aromatic carbocycles. The Balaban J connectivity index is 1.31. The summed E-state index contributed by atoms with van der Waals surface area (Å²) in [6, 6.07) is 8.13.